The molecular weight excluding hydrogens is 390 g/mol. The van der Waals surface area contributed by atoms with Crippen LogP contribution in [-0.4, -0.2) is 56.5 Å². The fourth-order valence-corrected chi connectivity index (χ4v) is 3.30. The van der Waals surface area contributed by atoms with E-state index >= 15 is 0 Å². The average molecular weight is 421 g/mol. The van der Waals surface area contributed by atoms with Gasteiger partial charge in [-0.25, -0.2) is 4.79 Å². The molecule has 1 saturated heterocycles. The monoisotopic (exact) mass is 421 g/mol. The van der Waals surface area contributed by atoms with Gasteiger partial charge in [-0.05, 0) is 37.0 Å². The number of nitrogens with zero attached hydrogens (tertiary/aromatic N) is 1. The SMILES string of the molecule is CCC(C)(C)C(=O)C(=O)N1CCCC1C(=O)OCc1cc(OC)c(OC)c(OC)c1. The number of Topliss-reactive ketones (excluding diaryl/α,β-unsaturated/α-hetero) is 1. The quantitative estimate of drug-likeness (QED) is 0.447. The lowest BCUT2D eigenvalue weighted by molar-refractivity contribution is -0.158. The Balaban J connectivity index is 2.11. The fraction of sp³-hybridized carbons (Fsp3) is 0.591. The molecule has 0 aliphatic carbocycles. The van der Waals surface area contributed by atoms with Crippen LogP contribution in [0.15, 0.2) is 12.1 Å². The van der Waals surface area contributed by atoms with Gasteiger partial charge in [-0.3, -0.25) is 9.59 Å². The first-order valence-electron chi connectivity index (χ1n) is 10.0. The zero-order valence-corrected chi connectivity index (χ0v) is 18.6. The van der Waals surface area contributed by atoms with Gasteiger partial charge in [0.2, 0.25) is 11.5 Å². The maximum Gasteiger partial charge on any atom is 0.329 e. The highest BCUT2D eigenvalue weighted by atomic mass is 16.5. The molecule has 0 spiro atoms. The van der Waals surface area contributed by atoms with Crippen molar-refractivity contribution in [3.05, 3.63) is 17.7 Å². The molecule has 0 N–H and O–H groups in total. The van der Waals surface area contributed by atoms with Crippen molar-refractivity contribution in [3.63, 3.8) is 0 Å². The number of ketones is 1. The molecule has 1 aliphatic heterocycles. The van der Waals surface area contributed by atoms with Crippen LogP contribution < -0.4 is 14.2 Å². The standard InChI is InChI=1S/C22H31NO7/c1-7-22(2,3)19(24)20(25)23-10-8-9-15(23)21(26)30-13-14-11-16(27-4)18(29-6)17(12-14)28-5/h11-12,15H,7-10,13H2,1-6H3. The third kappa shape index (κ3) is 4.86. The van der Waals surface area contributed by atoms with Crippen molar-refractivity contribution in [2.45, 2.75) is 52.7 Å². The lowest BCUT2D eigenvalue weighted by Gasteiger charge is -2.27. The summed E-state index contributed by atoms with van der Waals surface area (Å²) in [4.78, 5) is 39.3. The molecule has 166 valence electrons. The van der Waals surface area contributed by atoms with Crippen LogP contribution in [0.3, 0.4) is 0 Å². The molecule has 8 heteroatoms. The molecule has 0 saturated carbocycles. The normalized spacial score (nSPS) is 16.2. The summed E-state index contributed by atoms with van der Waals surface area (Å²) in [6.45, 7) is 5.68. The number of esters is 1. The van der Waals surface area contributed by atoms with E-state index in [9.17, 15) is 14.4 Å². The zero-order chi connectivity index (χ0) is 22.5. The molecular formula is C22H31NO7. The highest BCUT2D eigenvalue weighted by Gasteiger charge is 2.41. The van der Waals surface area contributed by atoms with Gasteiger partial charge in [0, 0.05) is 12.0 Å². The minimum absolute atomic E-state index is 0.0253. The number of methoxy groups -OCH3 is 3. The molecule has 0 bridgehead atoms. The number of likely N-dealkylation sites (tertiary alicyclic amines) is 1. The number of carbonyl (C=O) groups excluding carboxylic acids is 3. The molecule has 2 rings (SSSR count). The average Bonchev–Trinajstić information content (AvgIpc) is 3.25. The minimum atomic E-state index is -0.760. The molecule has 1 amide bonds. The van der Waals surface area contributed by atoms with Gasteiger partial charge in [-0.15, -0.1) is 0 Å². The lowest BCUT2D eigenvalue weighted by Crippen LogP contribution is -2.47. The van der Waals surface area contributed by atoms with Crippen LogP contribution >= 0.6 is 0 Å². The molecule has 30 heavy (non-hydrogen) atoms. The first-order valence-corrected chi connectivity index (χ1v) is 10.0. The Morgan fingerprint density at radius 2 is 1.67 bits per heavy atom. The largest absolute Gasteiger partial charge is 0.493 e. The molecule has 1 fully saturated rings. The molecule has 1 aliphatic rings. The predicted molar refractivity (Wildman–Crippen MR) is 110 cm³/mol. The lowest BCUT2D eigenvalue weighted by atomic mass is 9.84. The number of hydrogen-bond acceptors (Lipinski definition) is 7. The first kappa shape index (κ1) is 23.5. The summed E-state index contributed by atoms with van der Waals surface area (Å²) >= 11 is 0. The maximum absolute atomic E-state index is 12.7. The van der Waals surface area contributed by atoms with E-state index in [0.29, 0.717) is 48.6 Å². The van der Waals surface area contributed by atoms with Crippen LogP contribution in [0.4, 0.5) is 0 Å². The second-order valence-electron chi connectivity index (χ2n) is 7.86. The number of amides is 1. The van der Waals surface area contributed by atoms with E-state index in [1.807, 2.05) is 6.92 Å². The molecule has 0 radical (unpaired) electrons. The van der Waals surface area contributed by atoms with Gasteiger partial charge >= 0.3 is 5.97 Å². The van der Waals surface area contributed by atoms with Gasteiger partial charge < -0.3 is 23.8 Å². The molecule has 8 nitrogen and oxygen atoms in total. The smallest absolute Gasteiger partial charge is 0.329 e. The summed E-state index contributed by atoms with van der Waals surface area (Å²) < 4.78 is 21.4. The van der Waals surface area contributed by atoms with Gasteiger partial charge in [0.25, 0.3) is 5.91 Å². The van der Waals surface area contributed by atoms with E-state index in [1.54, 1.807) is 26.0 Å². The van der Waals surface area contributed by atoms with Crippen molar-refractivity contribution < 1.29 is 33.3 Å². The minimum Gasteiger partial charge on any atom is -0.493 e. The van der Waals surface area contributed by atoms with Gasteiger partial charge in [0.1, 0.15) is 12.6 Å². The van der Waals surface area contributed by atoms with E-state index in [4.69, 9.17) is 18.9 Å². The van der Waals surface area contributed by atoms with Gasteiger partial charge in [-0.1, -0.05) is 20.8 Å². The highest BCUT2D eigenvalue weighted by Crippen LogP contribution is 2.38. The molecule has 1 aromatic rings. The summed E-state index contributed by atoms with van der Waals surface area (Å²) in [6.07, 6.45) is 1.66. The van der Waals surface area contributed by atoms with Gasteiger partial charge in [0.15, 0.2) is 11.5 Å². The van der Waals surface area contributed by atoms with Gasteiger partial charge in [-0.2, -0.15) is 0 Å². The molecule has 1 aromatic carbocycles. The summed E-state index contributed by atoms with van der Waals surface area (Å²) in [5.41, 5.74) is -0.110. The Bertz CT molecular complexity index is 778. The van der Waals surface area contributed by atoms with Gasteiger partial charge in [0.05, 0.1) is 21.3 Å². The Morgan fingerprint density at radius 1 is 1.07 bits per heavy atom. The number of carbonyl (C=O) groups is 3. The third-order valence-electron chi connectivity index (χ3n) is 5.58. The fourth-order valence-electron chi connectivity index (χ4n) is 3.30. The number of benzene rings is 1. The topological polar surface area (TPSA) is 91.4 Å². The maximum atomic E-state index is 12.7. The van der Waals surface area contributed by atoms with E-state index in [0.717, 1.165) is 0 Å². The van der Waals surface area contributed by atoms with Crippen LogP contribution in [0.1, 0.15) is 45.6 Å². The van der Waals surface area contributed by atoms with E-state index in [2.05, 4.69) is 0 Å². The van der Waals surface area contributed by atoms with Crippen LogP contribution in [0, 0.1) is 5.41 Å². The Hall–Kier alpha value is -2.77. The Kier molecular flexibility index (Phi) is 7.70. The predicted octanol–water partition coefficient (Wildman–Crippen LogP) is 2.75. The second kappa shape index (κ2) is 9.82. The van der Waals surface area contributed by atoms with Crippen molar-refractivity contribution in [1.82, 2.24) is 4.90 Å². The first-order chi connectivity index (χ1) is 14.2. The van der Waals surface area contributed by atoms with Crippen molar-refractivity contribution >= 4 is 17.7 Å². The van der Waals surface area contributed by atoms with Crippen molar-refractivity contribution in [3.8, 4) is 17.2 Å². The Morgan fingerprint density at radius 3 is 2.17 bits per heavy atom. The molecule has 1 heterocycles. The third-order valence-corrected chi connectivity index (χ3v) is 5.58. The summed E-state index contributed by atoms with van der Waals surface area (Å²) in [5.74, 6) is -0.277. The summed E-state index contributed by atoms with van der Waals surface area (Å²) in [5, 5.41) is 0. The molecule has 1 unspecified atom stereocenters. The molecule has 1 atom stereocenters. The van der Waals surface area contributed by atoms with E-state index < -0.39 is 29.1 Å². The van der Waals surface area contributed by atoms with Crippen molar-refractivity contribution in [1.29, 1.82) is 0 Å². The van der Waals surface area contributed by atoms with Crippen molar-refractivity contribution in [2.24, 2.45) is 5.41 Å². The highest BCUT2D eigenvalue weighted by molar-refractivity contribution is 6.38. The van der Waals surface area contributed by atoms with E-state index in [-0.39, 0.29) is 6.61 Å². The second-order valence-corrected chi connectivity index (χ2v) is 7.86. The van der Waals surface area contributed by atoms with Crippen LogP contribution in [0.2, 0.25) is 0 Å². The van der Waals surface area contributed by atoms with Crippen molar-refractivity contribution in [2.75, 3.05) is 27.9 Å². The number of hydrogen-bond donors (Lipinski definition) is 0. The summed E-state index contributed by atoms with van der Waals surface area (Å²) in [7, 11) is 4.51. The summed E-state index contributed by atoms with van der Waals surface area (Å²) in [6, 6.07) is 2.63. The van der Waals surface area contributed by atoms with Crippen LogP contribution in [-0.2, 0) is 25.7 Å². The molecule has 0 aromatic heterocycles. The van der Waals surface area contributed by atoms with E-state index in [1.165, 1.54) is 26.2 Å². The zero-order valence-electron chi connectivity index (χ0n) is 18.6. The van der Waals surface area contributed by atoms with Crippen LogP contribution in [0.25, 0.3) is 0 Å². The Labute approximate surface area is 177 Å². The number of rotatable bonds is 9. The van der Waals surface area contributed by atoms with Crippen LogP contribution in [0.5, 0.6) is 17.2 Å². The number of ether oxygens (including phenoxy) is 4.